The lowest BCUT2D eigenvalue weighted by atomic mass is 10.1. The lowest BCUT2D eigenvalue weighted by Crippen LogP contribution is -2.15. The Hall–Kier alpha value is -3.06. The van der Waals surface area contributed by atoms with Gasteiger partial charge in [-0.1, -0.05) is 23.9 Å². The van der Waals surface area contributed by atoms with Crippen LogP contribution in [0.5, 0.6) is 5.75 Å². The summed E-state index contributed by atoms with van der Waals surface area (Å²) >= 11 is 1.35. The largest absolute Gasteiger partial charge is 0.497 e. The molecule has 0 saturated heterocycles. The molecule has 2 aromatic carbocycles. The van der Waals surface area contributed by atoms with E-state index in [1.54, 1.807) is 13.2 Å². The highest BCUT2D eigenvalue weighted by molar-refractivity contribution is 7.99. The molecule has 0 aliphatic heterocycles. The Kier molecular flexibility index (Phi) is 6.72. The molecule has 0 radical (unpaired) electrons. The smallest absolute Gasteiger partial charge is 0.234 e. The molecule has 3 aromatic rings. The summed E-state index contributed by atoms with van der Waals surface area (Å²) in [6.07, 6.45) is 1.79. The Labute approximate surface area is 175 Å². The quantitative estimate of drug-likeness (QED) is 0.439. The van der Waals surface area contributed by atoms with Gasteiger partial charge in [0.1, 0.15) is 5.75 Å². The van der Waals surface area contributed by atoms with Crippen molar-refractivity contribution in [2.24, 2.45) is 0 Å². The SMILES string of the molecule is C=CCn1c(SCC(=O)Nc2cc(C)cc(C)c2)nnc1-c1ccc(OC)cc1. The summed E-state index contributed by atoms with van der Waals surface area (Å²) in [5.74, 6) is 1.66. The Morgan fingerprint density at radius 2 is 1.86 bits per heavy atom. The molecule has 1 N–H and O–H groups in total. The van der Waals surface area contributed by atoms with E-state index in [1.165, 1.54) is 11.8 Å². The summed E-state index contributed by atoms with van der Waals surface area (Å²) in [6.45, 7) is 8.39. The molecule has 1 aromatic heterocycles. The Bertz CT molecular complexity index is 992. The lowest BCUT2D eigenvalue weighted by molar-refractivity contribution is -0.113. The van der Waals surface area contributed by atoms with Crippen LogP contribution in [0.1, 0.15) is 11.1 Å². The van der Waals surface area contributed by atoms with E-state index in [1.807, 2.05) is 54.8 Å². The molecule has 3 rings (SSSR count). The van der Waals surface area contributed by atoms with Gasteiger partial charge in [-0.3, -0.25) is 9.36 Å². The van der Waals surface area contributed by atoms with Crippen molar-refractivity contribution in [3.8, 4) is 17.1 Å². The van der Waals surface area contributed by atoms with Crippen molar-refractivity contribution >= 4 is 23.4 Å². The number of hydrogen-bond acceptors (Lipinski definition) is 5. The number of aromatic nitrogens is 3. The first kappa shape index (κ1) is 20.7. The van der Waals surface area contributed by atoms with Gasteiger partial charge >= 0.3 is 0 Å². The number of carbonyl (C=O) groups is 1. The van der Waals surface area contributed by atoms with Crippen molar-refractivity contribution < 1.29 is 9.53 Å². The number of amides is 1. The van der Waals surface area contributed by atoms with Gasteiger partial charge in [0.2, 0.25) is 5.91 Å². The first-order chi connectivity index (χ1) is 14.0. The number of nitrogens with one attached hydrogen (secondary N) is 1. The Morgan fingerprint density at radius 3 is 2.48 bits per heavy atom. The van der Waals surface area contributed by atoms with E-state index >= 15 is 0 Å². The topological polar surface area (TPSA) is 69.0 Å². The van der Waals surface area contributed by atoms with Crippen LogP contribution in [0.3, 0.4) is 0 Å². The van der Waals surface area contributed by atoms with E-state index < -0.39 is 0 Å². The summed E-state index contributed by atoms with van der Waals surface area (Å²) in [6, 6.07) is 13.6. The van der Waals surface area contributed by atoms with Crippen LogP contribution in [-0.2, 0) is 11.3 Å². The Balaban J connectivity index is 1.72. The highest BCUT2D eigenvalue weighted by Gasteiger charge is 2.15. The second kappa shape index (κ2) is 9.43. The average Bonchev–Trinajstić information content (AvgIpc) is 3.08. The number of thioether (sulfide) groups is 1. The van der Waals surface area contributed by atoms with Crippen molar-refractivity contribution in [1.82, 2.24) is 14.8 Å². The first-order valence-corrected chi connectivity index (χ1v) is 10.2. The van der Waals surface area contributed by atoms with Crippen LogP contribution in [0, 0.1) is 13.8 Å². The molecule has 6 nitrogen and oxygen atoms in total. The number of anilines is 1. The maximum absolute atomic E-state index is 12.4. The van der Waals surface area contributed by atoms with Crippen molar-refractivity contribution in [3.63, 3.8) is 0 Å². The van der Waals surface area contributed by atoms with Gasteiger partial charge < -0.3 is 10.1 Å². The predicted molar refractivity (Wildman–Crippen MR) is 117 cm³/mol. The summed E-state index contributed by atoms with van der Waals surface area (Å²) in [5.41, 5.74) is 3.96. The van der Waals surface area contributed by atoms with Gasteiger partial charge in [-0.05, 0) is 61.4 Å². The number of benzene rings is 2. The van der Waals surface area contributed by atoms with E-state index in [-0.39, 0.29) is 11.7 Å². The van der Waals surface area contributed by atoms with Crippen LogP contribution in [0.15, 0.2) is 60.3 Å². The van der Waals surface area contributed by atoms with Crippen molar-refractivity contribution in [2.45, 2.75) is 25.5 Å². The molecule has 0 saturated carbocycles. The fourth-order valence-corrected chi connectivity index (χ4v) is 3.76. The molecule has 0 unspecified atom stereocenters. The first-order valence-electron chi connectivity index (χ1n) is 9.19. The number of aryl methyl sites for hydroxylation is 2. The van der Waals surface area contributed by atoms with Gasteiger partial charge in [-0.15, -0.1) is 16.8 Å². The van der Waals surface area contributed by atoms with Crippen molar-refractivity contribution in [2.75, 3.05) is 18.2 Å². The highest BCUT2D eigenvalue weighted by atomic mass is 32.2. The van der Waals surface area contributed by atoms with E-state index in [4.69, 9.17) is 4.74 Å². The van der Waals surface area contributed by atoms with Crippen molar-refractivity contribution in [3.05, 3.63) is 66.2 Å². The Morgan fingerprint density at radius 1 is 1.17 bits per heavy atom. The summed E-state index contributed by atoms with van der Waals surface area (Å²) in [5, 5.41) is 12.2. The summed E-state index contributed by atoms with van der Waals surface area (Å²) in [7, 11) is 1.63. The second-order valence-corrected chi connectivity index (χ2v) is 7.59. The molecule has 29 heavy (non-hydrogen) atoms. The highest BCUT2D eigenvalue weighted by Crippen LogP contribution is 2.26. The van der Waals surface area contributed by atoms with E-state index in [9.17, 15) is 4.79 Å². The molecule has 0 spiro atoms. The number of rotatable bonds is 8. The van der Waals surface area contributed by atoms with E-state index in [0.717, 1.165) is 34.0 Å². The fourth-order valence-electron chi connectivity index (χ4n) is 3.02. The molecule has 150 valence electrons. The number of ether oxygens (including phenoxy) is 1. The monoisotopic (exact) mass is 408 g/mol. The molecule has 1 amide bonds. The minimum atomic E-state index is -0.0841. The average molecular weight is 409 g/mol. The standard InChI is InChI=1S/C22H24N4O2S/c1-5-10-26-21(17-6-8-19(28-4)9-7-17)24-25-22(26)29-14-20(27)23-18-12-15(2)11-16(3)13-18/h5-9,11-13H,1,10,14H2,2-4H3,(H,23,27). The molecule has 0 aliphatic rings. The number of methoxy groups -OCH3 is 1. The molecular weight excluding hydrogens is 384 g/mol. The fraction of sp³-hybridized carbons (Fsp3) is 0.227. The molecule has 7 heteroatoms. The van der Waals surface area contributed by atoms with Gasteiger partial charge in [0, 0.05) is 17.8 Å². The van der Waals surface area contributed by atoms with Gasteiger partial charge in [-0.25, -0.2) is 0 Å². The zero-order valence-corrected chi connectivity index (χ0v) is 17.6. The maximum Gasteiger partial charge on any atom is 0.234 e. The maximum atomic E-state index is 12.4. The minimum Gasteiger partial charge on any atom is -0.497 e. The molecule has 0 bridgehead atoms. The van der Waals surface area contributed by atoms with Gasteiger partial charge in [0.25, 0.3) is 0 Å². The third-order valence-corrected chi connectivity index (χ3v) is 5.18. The second-order valence-electron chi connectivity index (χ2n) is 6.65. The number of carbonyl (C=O) groups excluding carboxylic acids is 1. The van der Waals surface area contributed by atoms with Gasteiger partial charge in [0.05, 0.1) is 12.9 Å². The zero-order valence-electron chi connectivity index (χ0n) is 16.8. The van der Waals surface area contributed by atoms with Crippen LogP contribution in [0.4, 0.5) is 5.69 Å². The number of hydrogen-bond donors (Lipinski definition) is 1. The zero-order chi connectivity index (χ0) is 20.8. The van der Waals surface area contributed by atoms with Crippen LogP contribution < -0.4 is 10.1 Å². The third-order valence-electron chi connectivity index (χ3n) is 4.21. The van der Waals surface area contributed by atoms with Crippen LogP contribution in [0.2, 0.25) is 0 Å². The van der Waals surface area contributed by atoms with Crippen molar-refractivity contribution in [1.29, 1.82) is 0 Å². The predicted octanol–water partition coefficient (Wildman–Crippen LogP) is 4.49. The van der Waals surface area contributed by atoms with Gasteiger partial charge in [-0.2, -0.15) is 0 Å². The molecule has 0 atom stereocenters. The number of nitrogens with zero attached hydrogens (tertiary/aromatic N) is 3. The van der Waals surface area contributed by atoms with Crippen LogP contribution in [0.25, 0.3) is 11.4 Å². The molecule has 0 aliphatic carbocycles. The summed E-state index contributed by atoms with van der Waals surface area (Å²) < 4.78 is 7.16. The summed E-state index contributed by atoms with van der Waals surface area (Å²) in [4.78, 5) is 12.4. The lowest BCUT2D eigenvalue weighted by Gasteiger charge is -2.09. The van der Waals surface area contributed by atoms with Crippen LogP contribution in [-0.4, -0.2) is 33.5 Å². The third kappa shape index (κ3) is 5.26. The molecule has 1 heterocycles. The van der Waals surface area contributed by atoms with Gasteiger partial charge in [0.15, 0.2) is 11.0 Å². The van der Waals surface area contributed by atoms with Crippen LogP contribution >= 0.6 is 11.8 Å². The molecule has 0 fully saturated rings. The molecular formula is C22H24N4O2S. The minimum absolute atomic E-state index is 0.0841. The van der Waals surface area contributed by atoms with E-state index in [2.05, 4.69) is 28.2 Å². The number of allylic oxidation sites excluding steroid dienone is 1. The normalized spacial score (nSPS) is 10.6. The van der Waals surface area contributed by atoms with E-state index in [0.29, 0.717) is 11.7 Å².